The van der Waals surface area contributed by atoms with Gasteiger partial charge in [-0.3, -0.25) is 19.3 Å². The first-order valence-electron chi connectivity index (χ1n) is 10.5. The molecule has 0 aliphatic carbocycles. The smallest absolute Gasteiger partial charge is 0.337 e. The topological polar surface area (TPSA) is 105 Å². The van der Waals surface area contributed by atoms with Crippen molar-refractivity contribution < 1.29 is 23.9 Å². The molecule has 1 heterocycles. The number of ether oxygens (including phenoxy) is 1. The fraction of sp³-hybridized carbons (Fsp3) is 0.0769. The van der Waals surface area contributed by atoms with Gasteiger partial charge >= 0.3 is 5.97 Å². The number of hydrogen-bond acceptors (Lipinski definition) is 6. The highest BCUT2D eigenvalue weighted by Crippen LogP contribution is 2.27. The van der Waals surface area contributed by atoms with Crippen molar-refractivity contribution in [3.63, 3.8) is 0 Å². The molecule has 0 spiro atoms. The van der Waals surface area contributed by atoms with Crippen LogP contribution >= 0.6 is 11.6 Å². The van der Waals surface area contributed by atoms with Gasteiger partial charge in [0, 0.05) is 16.9 Å². The molecular weight excluding hydrogens is 470 g/mol. The molecule has 4 rings (SSSR count). The summed E-state index contributed by atoms with van der Waals surface area (Å²) >= 11 is 6.18. The Bertz CT molecular complexity index is 1340. The van der Waals surface area contributed by atoms with Crippen molar-refractivity contribution in [2.24, 2.45) is 0 Å². The van der Waals surface area contributed by atoms with Crippen LogP contribution in [0.3, 0.4) is 0 Å². The molecule has 0 atom stereocenters. The van der Waals surface area contributed by atoms with Crippen LogP contribution in [0.15, 0.2) is 89.6 Å². The first kappa shape index (κ1) is 23.7. The third-order valence-corrected chi connectivity index (χ3v) is 5.60. The van der Waals surface area contributed by atoms with Gasteiger partial charge in [-0.25, -0.2) is 4.79 Å². The molecule has 35 heavy (non-hydrogen) atoms. The largest absolute Gasteiger partial charge is 0.465 e. The molecule has 3 aromatic rings. The van der Waals surface area contributed by atoms with E-state index in [2.05, 4.69) is 15.4 Å². The van der Waals surface area contributed by atoms with Gasteiger partial charge in [0.2, 0.25) is 0 Å². The van der Waals surface area contributed by atoms with Crippen LogP contribution in [0, 0.1) is 0 Å². The number of esters is 1. The summed E-state index contributed by atoms with van der Waals surface area (Å²) < 4.78 is 4.66. The van der Waals surface area contributed by atoms with Crippen LogP contribution in [0.4, 0.5) is 11.4 Å². The molecule has 0 radical (unpaired) electrons. The maximum absolute atomic E-state index is 12.9. The number of benzene rings is 3. The molecule has 0 saturated heterocycles. The molecule has 9 heteroatoms. The van der Waals surface area contributed by atoms with Crippen molar-refractivity contribution in [3.8, 4) is 0 Å². The minimum atomic E-state index is -0.590. The van der Waals surface area contributed by atoms with Crippen molar-refractivity contribution in [1.82, 2.24) is 4.90 Å². The number of imide groups is 1. The Morgan fingerprint density at radius 3 is 2.26 bits per heavy atom. The first-order valence-corrected chi connectivity index (χ1v) is 10.9. The Labute approximate surface area is 206 Å². The Morgan fingerprint density at radius 1 is 0.857 bits per heavy atom. The lowest BCUT2D eigenvalue weighted by atomic mass is 10.1. The molecule has 0 aromatic heterocycles. The van der Waals surface area contributed by atoms with E-state index in [1.165, 1.54) is 25.3 Å². The van der Waals surface area contributed by atoms with E-state index in [0.717, 1.165) is 10.5 Å². The van der Waals surface area contributed by atoms with Gasteiger partial charge in [0.25, 0.3) is 17.7 Å². The molecule has 3 amide bonds. The normalized spacial score (nSPS) is 13.1. The first-order chi connectivity index (χ1) is 16.9. The maximum atomic E-state index is 12.9. The Hall–Kier alpha value is -4.43. The van der Waals surface area contributed by atoms with E-state index in [4.69, 9.17) is 11.6 Å². The molecule has 3 aromatic carbocycles. The molecule has 0 unspecified atom stereocenters. The summed E-state index contributed by atoms with van der Waals surface area (Å²) in [7, 11) is 1.29. The lowest BCUT2D eigenvalue weighted by Crippen LogP contribution is -2.31. The van der Waals surface area contributed by atoms with E-state index in [1.807, 2.05) is 30.3 Å². The van der Waals surface area contributed by atoms with Crippen LogP contribution in [0.1, 0.15) is 26.3 Å². The number of rotatable bonds is 7. The summed E-state index contributed by atoms with van der Waals surface area (Å²) in [5.74, 6) is -2.02. The number of carbonyl (C=O) groups is 4. The third-order valence-electron chi connectivity index (χ3n) is 5.25. The quantitative estimate of drug-likeness (QED) is 0.381. The zero-order valence-corrected chi connectivity index (χ0v) is 19.3. The highest BCUT2D eigenvalue weighted by molar-refractivity contribution is 6.48. The number of methoxy groups -OCH3 is 1. The molecule has 0 fully saturated rings. The molecule has 8 nitrogen and oxygen atoms in total. The molecule has 0 bridgehead atoms. The maximum Gasteiger partial charge on any atom is 0.337 e. The van der Waals surface area contributed by atoms with Crippen LogP contribution in [0.5, 0.6) is 0 Å². The van der Waals surface area contributed by atoms with Gasteiger partial charge in [-0.05, 0) is 48.0 Å². The minimum Gasteiger partial charge on any atom is -0.465 e. The van der Waals surface area contributed by atoms with Crippen molar-refractivity contribution in [1.29, 1.82) is 0 Å². The van der Waals surface area contributed by atoms with Crippen LogP contribution in [-0.2, 0) is 20.9 Å². The molecule has 2 N–H and O–H groups in total. The van der Waals surface area contributed by atoms with Gasteiger partial charge in [0.05, 0.1) is 19.2 Å². The van der Waals surface area contributed by atoms with E-state index in [0.29, 0.717) is 22.5 Å². The van der Waals surface area contributed by atoms with E-state index in [-0.39, 0.29) is 17.3 Å². The molecular formula is C26H20ClN3O5. The predicted octanol–water partition coefficient (Wildman–Crippen LogP) is 4.16. The fourth-order valence-electron chi connectivity index (χ4n) is 3.46. The van der Waals surface area contributed by atoms with E-state index >= 15 is 0 Å². The zero-order chi connectivity index (χ0) is 24.9. The van der Waals surface area contributed by atoms with E-state index < -0.39 is 23.7 Å². The van der Waals surface area contributed by atoms with Crippen molar-refractivity contribution in [2.75, 3.05) is 17.7 Å². The highest BCUT2D eigenvalue weighted by atomic mass is 35.5. The van der Waals surface area contributed by atoms with Crippen LogP contribution in [-0.4, -0.2) is 35.7 Å². The zero-order valence-electron chi connectivity index (χ0n) is 18.6. The average Bonchev–Trinajstić information content (AvgIpc) is 3.08. The number of hydrogen-bond donors (Lipinski definition) is 2. The monoisotopic (exact) mass is 489 g/mol. The summed E-state index contributed by atoms with van der Waals surface area (Å²) in [6, 6.07) is 21.8. The summed E-state index contributed by atoms with van der Waals surface area (Å²) in [6.45, 7) is 0.0944. The van der Waals surface area contributed by atoms with E-state index in [9.17, 15) is 19.2 Å². The predicted molar refractivity (Wildman–Crippen MR) is 131 cm³/mol. The Kier molecular flexibility index (Phi) is 6.93. The van der Waals surface area contributed by atoms with Crippen molar-refractivity contribution in [3.05, 3.63) is 106 Å². The van der Waals surface area contributed by atoms with Crippen molar-refractivity contribution >= 4 is 46.7 Å². The van der Waals surface area contributed by atoms with Crippen LogP contribution < -0.4 is 10.6 Å². The van der Waals surface area contributed by atoms with Crippen LogP contribution in [0.25, 0.3) is 0 Å². The highest BCUT2D eigenvalue weighted by Gasteiger charge is 2.37. The minimum absolute atomic E-state index is 0.0523. The second-order valence-corrected chi connectivity index (χ2v) is 7.98. The SMILES string of the molecule is COC(=O)c1ccc(NC(=O)c2cccc(NC3=C(Cl)C(=O)N(Cc4ccccc4)C3=O)c2)cc1. The second-order valence-electron chi connectivity index (χ2n) is 7.60. The number of amides is 3. The molecule has 176 valence electrons. The van der Waals surface area contributed by atoms with Gasteiger partial charge in [0.1, 0.15) is 10.7 Å². The number of nitrogens with zero attached hydrogens (tertiary/aromatic N) is 1. The summed E-state index contributed by atoms with van der Waals surface area (Å²) in [5, 5.41) is 5.40. The molecule has 0 saturated carbocycles. The van der Waals surface area contributed by atoms with Gasteiger partial charge in [-0.1, -0.05) is 48.0 Å². The lowest BCUT2D eigenvalue weighted by molar-refractivity contribution is -0.138. The average molecular weight is 490 g/mol. The fourth-order valence-corrected chi connectivity index (χ4v) is 3.69. The lowest BCUT2D eigenvalue weighted by Gasteiger charge is -2.15. The van der Waals surface area contributed by atoms with Gasteiger partial charge in [0.15, 0.2) is 0 Å². The van der Waals surface area contributed by atoms with Crippen LogP contribution in [0.2, 0.25) is 0 Å². The third kappa shape index (κ3) is 5.23. The summed E-state index contributed by atoms with van der Waals surface area (Å²) in [5.41, 5.74) is 2.30. The molecule has 1 aliphatic heterocycles. The standard InChI is InChI=1S/C26H20ClN3O5/c1-35-26(34)17-10-12-19(13-11-17)29-23(31)18-8-5-9-20(14-18)28-22-21(27)24(32)30(25(22)33)15-16-6-3-2-4-7-16/h2-14,28H,15H2,1H3,(H,29,31). The van der Waals surface area contributed by atoms with Gasteiger partial charge in [-0.2, -0.15) is 0 Å². The number of carbonyl (C=O) groups excluding carboxylic acids is 4. The Balaban J connectivity index is 1.46. The summed E-state index contributed by atoms with van der Waals surface area (Å²) in [6.07, 6.45) is 0. The number of nitrogens with one attached hydrogen (secondary N) is 2. The second kappa shape index (κ2) is 10.2. The number of anilines is 2. The van der Waals surface area contributed by atoms with E-state index in [1.54, 1.807) is 30.3 Å². The Morgan fingerprint density at radius 2 is 1.57 bits per heavy atom. The van der Waals surface area contributed by atoms with Crippen molar-refractivity contribution in [2.45, 2.75) is 6.54 Å². The summed E-state index contributed by atoms with van der Waals surface area (Å²) in [4.78, 5) is 50.8. The van der Waals surface area contributed by atoms with Gasteiger partial charge < -0.3 is 15.4 Å². The number of halogens is 1. The van der Waals surface area contributed by atoms with Gasteiger partial charge in [-0.15, -0.1) is 0 Å². The molecule has 1 aliphatic rings.